The Hall–Kier alpha value is -4.17. The Morgan fingerprint density at radius 3 is 2.65 bits per heavy atom. The molecule has 6 rings (SSSR count). The summed E-state index contributed by atoms with van der Waals surface area (Å²) in [4.78, 5) is 33.0. The predicted molar refractivity (Wildman–Crippen MR) is 142 cm³/mol. The summed E-state index contributed by atoms with van der Waals surface area (Å²) in [6, 6.07) is 17.6. The Morgan fingerprint density at radius 2 is 1.89 bits per heavy atom. The average Bonchev–Trinajstić information content (AvgIpc) is 3.55. The Bertz CT molecular complexity index is 1600. The number of carbonyl (C=O) groups excluding carboxylic acids is 2. The molecule has 186 valence electrons. The van der Waals surface area contributed by atoms with Gasteiger partial charge in [0, 0.05) is 12.0 Å². The number of aryl methyl sites for hydroxylation is 1. The number of Topliss-reactive ketones (excluding diaryl/α,β-unsaturated/α-hetero) is 1. The zero-order valence-corrected chi connectivity index (χ0v) is 21.3. The molecular weight excluding hydrogens is 488 g/mol. The molecule has 7 nitrogen and oxygen atoms in total. The molecule has 37 heavy (non-hydrogen) atoms. The summed E-state index contributed by atoms with van der Waals surface area (Å²) < 4.78 is 11.9. The van der Waals surface area contributed by atoms with Crippen LogP contribution in [0.25, 0.3) is 16.0 Å². The van der Waals surface area contributed by atoms with E-state index >= 15 is 0 Å². The Balaban J connectivity index is 1.52. The minimum Gasteiger partial charge on any atom is -0.507 e. The number of aromatic nitrogens is 1. The molecule has 0 saturated carbocycles. The maximum atomic E-state index is 13.5. The smallest absolute Gasteiger partial charge is 0.301 e. The fourth-order valence-electron chi connectivity index (χ4n) is 4.94. The molecule has 2 aliphatic rings. The van der Waals surface area contributed by atoms with E-state index in [2.05, 4.69) is 4.98 Å². The van der Waals surface area contributed by atoms with Gasteiger partial charge in [-0.05, 0) is 61.4 Å². The lowest BCUT2D eigenvalue weighted by Gasteiger charge is -2.23. The number of thiazole rings is 1. The molecule has 2 atom stereocenters. The number of ketones is 1. The number of ether oxygens (including phenoxy) is 2. The quantitative estimate of drug-likeness (QED) is 0.219. The lowest BCUT2D eigenvalue weighted by molar-refractivity contribution is -0.132. The van der Waals surface area contributed by atoms with E-state index in [1.54, 1.807) is 25.3 Å². The molecule has 1 N–H and O–H groups in total. The molecule has 0 aliphatic carbocycles. The summed E-state index contributed by atoms with van der Waals surface area (Å²) in [5.74, 6) is -0.239. The molecule has 2 aliphatic heterocycles. The fraction of sp³-hybridized carbons (Fsp3) is 0.207. The van der Waals surface area contributed by atoms with Gasteiger partial charge in [-0.1, -0.05) is 41.2 Å². The topological polar surface area (TPSA) is 89.0 Å². The van der Waals surface area contributed by atoms with Gasteiger partial charge in [-0.2, -0.15) is 0 Å². The molecule has 4 aromatic rings. The Labute approximate surface area is 217 Å². The first kappa shape index (κ1) is 23.2. The van der Waals surface area contributed by atoms with Crippen molar-refractivity contribution in [2.75, 3.05) is 12.0 Å². The lowest BCUT2D eigenvalue weighted by Crippen LogP contribution is -2.29. The van der Waals surface area contributed by atoms with Crippen molar-refractivity contribution in [2.24, 2.45) is 0 Å². The standard InChI is InChI=1S/C29H24N2O5S/c1-15-4-6-17(7-5-15)25-24(26(32)18-8-11-22-19(13-18)12-16(2)36-22)27(33)28(34)31(25)29-30-21-10-9-20(35-3)14-23(21)37-29/h4-11,13-14,16,25,32H,12H2,1-3H3/b26-24+/t16-,25+/m1/s1. The minimum absolute atomic E-state index is 0.0394. The number of carbonyl (C=O) groups is 2. The van der Waals surface area contributed by atoms with E-state index in [9.17, 15) is 14.7 Å². The summed E-state index contributed by atoms with van der Waals surface area (Å²) in [6.07, 6.45) is 0.754. The fourth-order valence-corrected chi connectivity index (χ4v) is 5.96. The van der Waals surface area contributed by atoms with Crippen molar-refractivity contribution in [1.82, 2.24) is 4.98 Å². The van der Waals surface area contributed by atoms with Gasteiger partial charge in [0.2, 0.25) is 0 Å². The van der Waals surface area contributed by atoms with Crippen LogP contribution in [0.15, 0.2) is 66.2 Å². The number of aliphatic hydroxyl groups excluding tert-OH is 1. The van der Waals surface area contributed by atoms with E-state index in [1.807, 2.05) is 56.3 Å². The highest BCUT2D eigenvalue weighted by molar-refractivity contribution is 7.22. The highest BCUT2D eigenvalue weighted by atomic mass is 32.1. The van der Waals surface area contributed by atoms with Crippen LogP contribution in [0.2, 0.25) is 0 Å². The predicted octanol–water partition coefficient (Wildman–Crippen LogP) is 5.56. The van der Waals surface area contributed by atoms with Crippen LogP contribution in [-0.4, -0.2) is 35.0 Å². The first-order valence-corrected chi connectivity index (χ1v) is 12.8. The van der Waals surface area contributed by atoms with Crippen molar-refractivity contribution in [1.29, 1.82) is 0 Å². The van der Waals surface area contributed by atoms with Crippen LogP contribution in [0, 0.1) is 6.92 Å². The second-order valence-electron chi connectivity index (χ2n) is 9.36. The van der Waals surface area contributed by atoms with E-state index in [-0.39, 0.29) is 17.4 Å². The zero-order valence-electron chi connectivity index (χ0n) is 20.5. The molecule has 0 bridgehead atoms. The maximum Gasteiger partial charge on any atom is 0.301 e. The average molecular weight is 513 g/mol. The minimum atomic E-state index is -0.827. The number of hydrogen-bond donors (Lipinski definition) is 1. The Kier molecular flexibility index (Phi) is 5.49. The SMILES string of the molecule is COc1ccc2nc(N3C(=O)C(=O)/C(=C(/O)c4ccc5c(c4)C[C@@H](C)O5)[C@@H]3c3ccc(C)cc3)sc2c1. The summed E-state index contributed by atoms with van der Waals surface area (Å²) in [5, 5.41) is 11.9. The van der Waals surface area contributed by atoms with Gasteiger partial charge in [0.1, 0.15) is 23.4 Å². The second kappa shape index (κ2) is 8.74. The normalized spacial score (nSPS) is 20.4. The number of fused-ring (bicyclic) bond motifs is 2. The number of hydrogen-bond acceptors (Lipinski definition) is 7. The van der Waals surface area contributed by atoms with E-state index in [1.165, 1.54) is 16.2 Å². The molecule has 3 aromatic carbocycles. The summed E-state index contributed by atoms with van der Waals surface area (Å²) in [5.41, 5.74) is 3.91. The number of nitrogens with zero attached hydrogens (tertiary/aromatic N) is 2. The molecule has 0 spiro atoms. The molecule has 8 heteroatoms. The molecule has 0 radical (unpaired) electrons. The third-order valence-corrected chi connectivity index (χ3v) is 7.81. The summed E-state index contributed by atoms with van der Waals surface area (Å²) >= 11 is 1.30. The molecule has 3 heterocycles. The number of rotatable bonds is 4. The molecule has 1 fully saturated rings. The summed E-state index contributed by atoms with van der Waals surface area (Å²) in [6.45, 7) is 3.95. The third kappa shape index (κ3) is 3.84. The molecule has 1 aromatic heterocycles. The number of benzene rings is 3. The van der Waals surface area contributed by atoms with Crippen LogP contribution in [0.1, 0.15) is 35.2 Å². The van der Waals surface area contributed by atoms with Crippen molar-refractivity contribution < 1.29 is 24.2 Å². The molecule has 1 amide bonds. The van der Waals surface area contributed by atoms with Gasteiger partial charge in [0.25, 0.3) is 5.78 Å². The van der Waals surface area contributed by atoms with Gasteiger partial charge in [0.05, 0.1) is 28.9 Å². The van der Waals surface area contributed by atoms with Gasteiger partial charge in [0.15, 0.2) is 5.13 Å². The van der Waals surface area contributed by atoms with Crippen molar-refractivity contribution in [3.63, 3.8) is 0 Å². The first-order valence-electron chi connectivity index (χ1n) is 12.0. The number of amides is 1. The van der Waals surface area contributed by atoms with Gasteiger partial charge in [-0.3, -0.25) is 14.5 Å². The van der Waals surface area contributed by atoms with E-state index in [0.29, 0.717) is 33.9 Å². The lowest BCUT2D eigenvalue weighted by atomic mass is 9.94. The van der Waals surface area contributed by atoms with Crippen LogP contribution >= 0.6 is 11.3 Å². The van der Waals surface area contributed by atoms with E-state index in [0.717, 1.165) is 21.6 Å². The van der Waals surface area contributed by atoms with Crippen molar-refractivity contribution in [3.05, 3.63) is 88.5 Å². The number of methoxy groups -OCH3 is 1. The summed E-state index contributed by atoms with van der Waals surface area (Å²) in [7, 11) is 1.59. The van der Waals surface area contributed by atoms with Gasteiger partial charge >= 0.3 is 5.91 Å². The van der Waals surface area contributed by atoms with Crippen molar-refractivity contribution in [3.8, 4) is 11.5 Å². The zero-order chi connectivity index (χ0) is 25.8. The highest BCUT2D eigenvalue weighted by Crippen LogP contribution is 2.45. The first-order chi connectivity index (χ1) is 17.8. The molecule has 1 saturated heterocycles. The number of aliphatic hydroxyl groups is 1. The Morgan fingerprint density at radius 1 is 1.11 bits per heavy atom. The van der Waals surface area contributed by atoms with E-state index in [4.69, 9.17) is 9.47 Å². The van der Waals surface area contributed by atoms with Crippen LogP contribution in [0.4, 0.5) is 5.13 Å². The van der Waals surface area contributed by atoms with Crippen LogP contribution in [0.3, 0.4) is 0 Å². The van der Waals surface area contributed by atoms with Gasteiger partial charge < -0.3 is 14.6 Å². The van der Waals surface area contributed by atoms with Crippen LogP contribution in [-0.2, 0) is 16.0 Å². The second-order valence-corrected chi connectivity index (χ2v) is 10.4. The van der Waals surface area contributed by atoms with Gasteiger partial charge in [-0.25, -0.2) is 4.98 Å². The highest BCUT2D eigenvalue weighted by Gasteiger charge is 2.48. The molecular formula is C29H24N2O5S. The van der Waals surface area contributed by atoms with Crippen molar-refractivity contribution in [2.45, 2.75) is 32.4 Å². The maximum absolute atomic E-state index is 13.5. The van der Waals surface area contributed by atoms with Crippen LogP contribution in [0.5, 0.6) is 11.5 Å². The monoisotopic (exact) mass is 512 g/mol. The van der Waals surface area contributed by atoms with E-state index < -0.39 is 17.7 Å². The third-order valence-electron chi connectivity index (χ3n) is 6.80. The largest absolute Gasteiger partial charge is 0.507 e. The van der Waals surface area contributed by atoms with Gasteiger partial charge in [-0.15, -0.1) is 0 Å². The molecule has 0 unspecified atom stereocenters. The van der Waals surface area contributed by atoms with Crippen LogP contribution < -0.4 is 14.4 Å². The van der Waals surface area contributed by atoms with Crippen molar-refractivity contribution >= 4 is 44.1 Å². The number of anilines is 1.